The van der Waals surface area contributed by atoms with Crippen LogP contribution in [0.25, 0.3) is 0 Å². The molecule has 0 saturated heterocycles. The van der Waals surface area contributed by atoms with Crippen molar-refractivity contribution in [2.45, 2.75) is 26.4 Å². The summed E-state index contributed by atoms with van der Waals surface area (Å²) in [4.78, 5) is 23.7. The predicted molar refractivity (Wildman–Crippen MR) is 95.4 cm³/mol. The molecule has 2 rings (SSSR count). The lowest BCUT2D eigenvalue weighted by Crippen LogP contribution is -2.30. The highest BCUT2D eigenvalue weighted by atomic mass is 19.1. The first-order valence-corrected chi connectivity index (χ1v) is 8.49. The van der Waals surface area contributed by atoms with E-state index in [0.29, 0.717) is 23.5 Å². The average Bonchev–Trinajstić information content (AvgIpc) is 2.66. The Labute approximate surface area is 152 Å². The molecule has 138 valence electrons. The summed E-state index contributed by atoms with van der Waals surface area (Å²) >= 11 is 0. The number of amides is 1. The Kier molecular flexibility index (Phi) is 7.61. The molecule has 1 N–H and O–H groups in total. The number of rotatable bonds is 9. The van der Waals surface area contributed by atoms with Crippen LogP contribution in [0.15, 0.2) is 48.5 Å². The average molecular weight is 359 g/mol. The highest BCUT2D eigenvalue weighted by Gasteiger charge is 2.09. The lowest BCUT2D eigenvalue weighted by molar-refractivity contribution is -0.143. The van der Waals surface area contributed by atoms with Crippen molar-refractivity contribution in [3.63, 3.8) is 0 Å². The first-order chi connectivity index (χ1) is 12.6. The fourth-order valence-electron chi connectivity index (χ4n) is 2.09. The van der Waals surface area contributed by atoms with Crippen LogP contribution in [0.4, 0.5) is 4.39 Å². The number of carbonyl (C=O) groups excluding carboxylic acids is 2. The maximum atomic E-state index is 12.8. The molecule has 2 aromatic carbocycles. The van der Waals surface area contributed by atoms with E-state index in [4.69, 9.17) is 9.47 Å². The van der Waals surface area contributed by atoms with Gasteiger partial charge in [-0.1, -0.05) is 25.5 Å². The largest absolute Gasteiger partial charge is 0.494 e. The second kappa shape index (κ2) is 10.2. The van der Waals surface area contributed by atoms with Crippen LogP contribution < -0.4 is 10.1 Å². The van der Waals surface area contributed by atoms with Gasteiger partial charge in [0.2, 0.25) is 0 Å². The van der Waals surface area contributed by atoms with Gasteiger partial charge >= 0.3 is 5.97 Å². The number of halogens is 1. The molecule has 0 aromatic heterocycles. The molecule has 0 atom stereocenters. The van der Waals surface area contributed by atoms with Crippen molar-refractivity contribution in [2.24, 2.45) is 0 Å². The highest BCUT2D eigenvalue weighted by molar-refractivity contribution is 5.96. The third-order valence-electron chi connectivity index (χ3n) is 3.59. The number of ether oxygens (including phenoxy) is 2. The number of nitrogens with one attached hydrogen (secondary N) is 1. The van der Waals surface area contributed by atoms with E-state index >= 15 is 0 Å². The molecule has 0 saturated carbocycles. The summed E-state index contributed by atoms with van der Waals surface area (Å²) < 4.78 is 23.4. The SMILES string of the molecule is CCCCOc1ccc(C(=O)NCC(=O)OCc2ccc(F)cc2)cc1. The zero-order valence-electron chi connectivity index (χ0n) is 14.7. The second-order valence-corrected chi connectivity index (χ2v) is 5.70. The van der Waals surface area contributed by atoms with Gasteiger partial charge < -0.3 is 14.8 Å². The van der Waals surface area contributed by atoms with Crippen LogP contribution in [0.5, 0.6) is 5.75 Å². The number of benzene rings is 2. The molecule has 0 fully saturated rings. The van der Waals surface area contributed by atoms with E-state index in [1.54, 1.807) is 24.3 Å². The van der Waals surface area contributed by atoms with Gasteiger partial charge in [0.15, 0.2) is 0 Å². The summed E-state index contributed by atoms with van der Waals surface area (Å²) in [5.74, 6) is -0.589. The van der Waals surface area contributed by atoms with E-state index in [1.165, 1.54) is 24.3 Å². The molecule has 26 heavy (non-hydrogen) atoms. The third kappa shape index (κ3) is 6.55. The Morgan fingerprint density at radius 1 is 1.04 bits per heavy atom. The molecule has 0 aliphatic rings. The van der Waals surface area contributed by atoms with Gasteiger partial charge in [0, 0.05) is 5.56 Å². The zero-order valence-corrected chi connectivity index (χ0v) is 14.7. The number of carbonyl (C=O) groups is 2. The van der Waals surface area contributed by atoms with E-state index < -0.39 is 5.97 Å². The van der Waals surface area contributed by atoms with Gasteiger partial charge in [-0.2, -0.15) is 0 Å². The van der Waals surface area contributed by atoms with E-state index in [9.17, 15) is 14.0 Å². The minimum Gasteiger partial charge on any atom is -0.494 e. The fraction of sp³-hybridized carbons (Fsp3) is 0.300. The van der Waals surface area contributed by atoms with Gasteiger partial charge in [-0.15, -0.1) is 0 Å². The predicted octanol–water partition coefficient (Wildman–Crippen LogP) is 3.48. The Balaban J connectivity index is 1.73. The second-order valence-electron chi connectivity index (χ2n) is 5.70. The third-order valence-corrected chi connectivity index (χ3v) is 3.59. The molecule has 0 unspecified atom stereocenters. The first-order valence-electron chi connectivity index (χ1n) is 8.49. The van der Waals surface area contributed by atoms with Crippen molar-refractivity contribution in [1.29, 1.82) is 0 Å². The Morgan fingerprint density at radius 2 is 1.73 bits per heavy atom. The summed E-state index contributed by atoms with van der Waals surface area (Å²) in [5.41, 5.74) is 1.10. The van der Waals surface area contributed by atoms with Crippen LogP contribution in [0.1, 0.15) is 35.7 Å². The molecule has 0 aliphatic carbocycles. The monoisotopic (exact) mass is 359 g/mol. The van der Waals surface area contributed by atoms with Crippen LogP contribution in [-0.2, 0) is 16.1 Å². The molecular weight excluding hydrogens is 337 g/mol. The van der Waals surface area contributed by atoms with Crippen molar-refractivity contribution in [3.8, 4) is 5.75 Å². The van der Waals surface area contributed by atoms with E-state index in [2.05, 4.69) is 12.2 Å². The van der Waals surface area contributed by atoms with Gasteiger partial charge in [-0.25, -0.2) is 4.39 Å². The summed E-state index contributed by atoms with van der Waals surface area (Å²) in [6.07, 6.45) is 2.03. The van der Waals surface area contributed by atoms with Crippen molar-refractivity contribution in [2.75, 3.05) is 13.2 Å². The standard InChI is InChI=1S/C20H22FNO4/c1-2-3-12-25-18-10-6-16(7-11-18)20(24)22-13-19(23)26-14-15-4-8-17(21)9-5-15/h4-11H,2-3,12-14H2,1H3,(H,22,24). The van der Waals surface area contributed by atoms with Crippen molar-refractivity contribution < 1.29 is 23.5 Å². The lowest BCUT2D eigenvalue weighted by atomic mass is 10.2. The molecule has 0 spiro atoms. The number of esters is 1. The molecule has 0 radical (unpaired) electrons. The maximum Gasteiger partial charge on any atom is 0.325 e. The Morgan fingerprint density at radius 3 is 2.38 bits per heavy atom. The smallest absolute Gasteiger partial charge is 0.325 e. The van der Waals surface area contributed by atoms with Gasteiger partial charge in [0.1, 0.15) is 24.7 Å². The first kappa shape index (κ1) is 19.4. The molecule has 2 aromatic rings. The number of unbranched alkanes of at least 4 members (excludes halogenated alkanes) is 1. The van der Waals surface area contributed by atoms with Crippen molar-refractivity contribution >= 4 is 11.9 Å². The maximum absolute atomic E-state index is 12.8. The van der Waals surface area contributed by atoms with E-state index in [0.717, 1.165) is 12.8 Å². The summed E-state index contributed by atoms with van der Waals surface area (Å²) in [6.45, 7) is 2.51. The molecule has 0 heterocycles. The minimum absolute atomic E-state index is 0.0266. The van der Waals surface area contributed by atoms with E-state index in [1.807, 2.05) is 0 Å². The summed E-state index contributed by atoms with van der Waals surface area (Å²) in [6, 6.07) is 12.4. The van der Waals surface area contributed by atoms with Gasteiger partial charge in [-0.05, 0) is 48.4 Å². The topological polar surface area (TPSA) is 64.6 Å². The minimum atomic E-state index is -0.567. The normalized spacial score (nSPS) is 10.2. The lowest BCUT2D eigenvalue weighted by Gasteiger charge is -2.08. The van der Waals surface area contributed by atoms with Crippen molar-refractivity contribution in [3.05, 3.63) is 65.5 Å². The van der Waals surface area contributed by atoms with Crippen molar-refractivity contribution in [1.82, 2.24) is 5.32 Å². The molecule has 5 nitrogen and oxygen atoms in total. The Bertz CT molecular complexity index is 714. The highest BCUT2D eigenvalue weighted by Crippen LogP contribution is 2.12. The van der Waals surface area contributed by atoms with Gasteiger partial charge in [0.05, 0.1) is 6.61 Å². The molecule has 0 bridgehead atoms. The molecule has 1 amide bonds. The zero-order chi connectivity index (χ0) is 18.8. The fourth-order valence-corrected chi connectivity index (χ4v) is 2.09. The van der Waals surface area contributed by atoms with Crippen LogP contribution >= 0.6 is 0 Å². The number of hydrogen-bond donors (Lipinski definition) is 1. The van der Waals surface area contributed by atoms with Gasteiger partial charge in [-0.3, -0.25) is 9.59 Å². The van der Waals surface area contributed by atoms with Crippen LogP contribution in [-0.4, -0.2) is 25.0 Å². The van der Waals surface area contributed by atoms with Crippen LogP contribution in [0, 0.1) is 5.82 Å². The van der Waals surface area contributed by atoms with E-state index in [-0.39, 0.29) is 24.9 Å². The van der Waals surface area contributed by atoms with Crippen LogP contribution in [0.3, 0.4) is 0 Å². The quantitative estimate of drug-likeness (QED) is 0.550. The van der Waals surface area contributed by atoms with Gasteiger partial charge in [0.25, 0.3) is 5.91 Å². The molecular formula is C20H22FNO4. The molecule has 0 aliphatic heterocycles. The number of hydrogen-bond acceptors (Lipinski definition) is 4. The summed E-state index contributed by atoms with van der Waals surface area (Å²) in [5, 5.41) is 2.50. The van der Waals surface area contributed by atoms with Crippen LogP contribution in [0.2, 0.25) is 0 Å². The molecule has 6 heteroatoms. The summed E-state index contributed by atoms with van der Waals surface area (Å²) in [7, 11) is 0. The Hall–Kier alpha value is -2.89.